The summed E-state index contributed by atoms with van der Waals surface area (Å²) in [5.41, 5.74) is 5.20. The maximum Gasteiger partial charge on any atom is 0.0446 e. The van der Waals surface area contributed by atoms with Crippen LogP contribution in [-0.2, 0) is 0 Å². The third kappa shape index (κ3) is 3.89. The Morgan fingerprint density at radius 1 is 0.765 bits per heavy atom. The van der Waals surface area contributed by atoms with Crippen LogP contribution in [0.4, 0.5) is 5.69 Å². The summed E-state index contributed by atoms with van der Waals surface area (Å²) in [6.45, 7) is 10.2. The van der Waals surface area contributed by atoms with Gasteiger partial charge in [-0.25, -0.2) is 0 Å². The summed E-state index contributed by atoms with van der Waals surface area (Å²) in [4.78, 5) is 8.30. The summed E-state index contributed by atoms with van der Waals surface area (Å²) in [7, 11) is 0. The van der Waals surface area contributed by atoms with Gasteiger partial charge in [-0.15, -0.1) is 0 Å². The third-order valence-corrected chi connectivity index (χ3v) is 10.2. The highest BCUT2D eigenvalue weighted by Crippen LogP contribution is 2.51. The molecule has 2 aromatic carbocycles. The highest BCUT2D eigenvalue weighted by Gasteiger charge is 2.44. The van der Waals surface area contributed by atoms with Gasteiger partial charge in [0.25, 0.3) is 0 Å². The second kappa shape index (κ2) is 8.99. The smallest absolute Gasteiger partial charge is 0.0446 e. The molecule has 4 fully saturated rings. The van der Waals surface area contributed by atoms with Crippen molar-refractivity contribution >= 4 is 16.5 Å². The molecule has 0 amide bonds. The van der Waals surface area contributed by atoms with Crippen molar-refractivity contribution in [3.05, 3.63) is 53.6 Å². The molecule has 3 heteroatoms. The first-order valence-corrected chi connectivity index (χ1v) is 14.2. The third-order valence-electron chi connectivity index (χ3n) is 10.2. The topological polar surface area (TPSA) is 9.72 Å². The molecule has 7 rings (SSSR count). The molecule has 2 heterocycles. The van der Waals surface area contributed by atoms with Gasteiger partial charge in [-0.3, -0.25) is 9.80 Å². The average molecular weight is 456 g/mol. The van der Waals surface area contributed by atoms with E-state index in [0.29, 0.717) is 0 Å². The van der Waals surface area contributed by atoms with Crippen molar-refractivity contribution in [3.63, 3.8) is 0 Å². The van der Waals surface area contributed by atoms with Crippen LogP contribution in [0.1, 0.15) is 44.9 Å². The zero-order chi connectivity index (χ0) is 22.5. The van der Waals surface area contributed by atoms with E-state index in [9.17, 15) is 0 Å². The molecule has 4 unspecified atom stereocenters. The minimum atomic E-state index is 0.910. The van der Waals surface area contributed by atoms with Crippen LogP contribution in [-0.4, -0.2) is 62.2 Å². The lowest BCUT2D eigenvalue weighted by atomic mass is 9.78. The van der Waals surface area contributed by atoms with Crippen molar-refractivity contribution in [3.8, 4) is 0 Å². The molecule has 3 nitrogen and oxygen atoms in total. The minimum Gasteiger partial charge on any atom is -0.368 e. The zero-order valence-electron chi connectivity index (χ0n) is 20.8. The van der Waals surface area contributed by atoms with Crippen molar-refractivity contribution in [1.29, 1.82) is 0 Å². The van der Waals surface area contributed by atoms with Gasteiger partial charge in [-0.05, 0) is 67.2 Å². The summed E-state index contributed by atoms with van der Waals surface area (Å²) in [5, 5.41) is 2.77. The number of rotatable bonds is 5. The first-order chi connectivity index (χ1) is 16.8. The Morgan fingerprint density at radius 3 is 2.35 bits per heavy atom. The molecule has 4 atom stereocenters. The van der Waals surface area contributed by atoms with Gasteiger partial charge in [-0.1, -0.05) is 60.4 Å². The lowest BCUT2D eigenvalue weighted by Gasteiger charge is -2.41. The molecular weight excluding hydrogens is 414 g/mol. The number of likely N-dealkylation sites (tertiary alicyclic amines) is 1. The molecule has 2 saturated carbocycles. The number of fused-ring (bicyclic) bond motifs is 5. The molecule has 3 aliphatic carbocycles. The van der Waals surface area contributed by atoms with Crippen molar-refractivity contribution in [2.45, 2.75) is 44.9 Å². The fraction of sp³-hybridized carbons (Fsp3) is 0.613. The molecule has 0 N–H and O–H groups in total. The number of benzene rings is 2. The van der Waals surface area contributed by atoms with E-state index >= 15 is 0 Å². The highest BCUT2D eigenvalue weighted by atomic mass is 15.3. The first-order valence-electron chi connectivity index (χ1n) is 14.2. The average Bonchev–Trinajstić information content (AvgIpc) is 3.60. The van der Waals surface area contributed by atoms with E-state index in [-0.39, 0.29) is 0 Å². The number of hydrogen-bond acceptors (Lipinski definition) is 3. The predicted molar refractivity (Wildman–Crippen MR) is 142 cm³/mol. The van der Waals surface area contributed by atoms with E-state index in [1.54, 1.807) is 0 Å². The van der Waals surface area contributed by atoms with Crippen LogP contribution in [0.15, 0.2) is 53.6 Å². The largest absolute Gasteiger partial charge is 0.368 e. The molecule has 0 spiro atoms. The van der Waals surface area contributed by atoms with Crippen LogP contribution in [0.5, 0.6) is 0 Å². The van der Waals surface area contributed by atoms with Gasteiger partial charge < -0.3 is 4.90 Å². The molecular formula is C31H41N3. The van der Waals surface area contributed by atoms with Crippen LogP contribution in [0.3, 0.4) is 0 Å². The molecule has 2 saturated heterocycles. The van der Waals surface area contributed by atoms with Gasteiger partial charge in [0.1, 0.15) is 0 Å². The Balaban J connectivity index is 0.967. The van der Waals surface area contributed by atoms with E-state index in [1.165, 1.54) is 101 Å². The maximum atomic E-state index is 2.87. The molecule has 5 aliphatic rings. The van der Waals surface area contributed by atoms with E-state index in [2.05, 4.69) is 57.2 Å². The van der Waals surface area contributed by atoms with Gasteiger partial charge in [0, 0.05) is 63.4 Å². The van der Waals surface area contributed by atoms with E-state index < -0.39 is 0 Å². The van der Waals surface area contributed by atoms with E-state index in [0.717, 1.165) is 36.8 Å². The number of anilines is 1. The van der Waals surface area contributed by atoms with Crippen LogP contribution < -0.4 is 4.90 Å². The number of hydrogen-bond donors (Lipinski definition) is 0. The molecule has 180 valence electrons. The Hall–Kier alpha value is -1.84. The van der Waals surface area contributed by atoms with E-state index in [1.807, 2.05) is 11.1 Å². The van der Waals surface area contributed by atoms with Crippen molar-refractivity contribution in [2.75, 3.05) is 57.3 Å². The van der Waals surface area contributed by atoms with Gasteiger partial charge in [-0.2, -0.15) is 0 Å². The minimum absolute atomic E-state index is 0.910. The van der Waals surface area contributed by atoms with Crippen LogP contribution in [0.25, 0.3) is 10.8 Å². The Kier molecular flexibility index (Phi) is 5.67. The number of piperazine rings is 1. The Labute approximate surface area is 205 Å². The second-order valence-electron chi connectivity index (χ2n) is 12.0. The second-order valence-corrected chi connectivity index (χ2v) is 12.0. The normalized spacial score (nSPS) is 32.2. The monoisotopic (exact) mass is 455 g/mol. The van der Waals surface area contributed by atoms with Crippen molar-refractivity contribution in [1.82, 2.24) is 9.80 Å². The van der Waals surface area contributed by atoms with Crippen molar-refractivity contribution in [2.24, 2.45) is 23.7 Å². The SMILES string of the molecule is c1ccc2c(N3CCN(CC4CCCCC4CN4CC5=C6CCC(C6)C5C4)CC3)cccc2c1. The van der Waals surface area contributed by atoms with Gasteiger partial charge >= 0.3 is 0 Å². The number of allylic oxidation sites excluding steroid dienone is 1. The predicted octanol–water partition coefficient (Wildman–Crippen LogP) is 5.81. The molecule has 0 aromatic heterocycles. The first kappa shape index (κ1) is 21.4. The zero-order valence-corrected chi connectivity index (χ0v) is 20.8. The van der Waals surface area contributed by atoms with Gasteiger partial charge in [0.05, 0.1) is 0 Å². The lowest BCUT2D eigenvalue weighted by molar-refractivity contribution is 0.116. The molecule has 2 aliphatic heterocycles. The standard InChI is InChI=1S/C31H41N3/c1-2-8-27(20-33-21-29-24-12-13-25(18-24)30(29)22-33)26(7-1)19-32-14-16-34(17-15-32)31-11-5-9-23-6-3-4-10-28(23)31/h3-6,9-11,24,26-27,29H,1-2,7-8,12-22H2. The molecule has 2 bridgehead atoms. The van der Waals surface area contributed by atoms with Crippen molar-refractivity contribution < 1.29 is 0 Å². The molecule has 34 heavy (non-hydrogen) atoms. The Morgan fingerprint density at radius 2 is 1.53 bits per heavy atom. The summed E-state index contributed by atoms with van der Waals surface area (Å²) < 4.78 is 0. The fourth-order valence-electron chi connectivity index (χ4n) is 8.36. The quantitative estimate of drug-likeness (QED) is 0.527. The van der Waals surface area contributed by atoms with Gasteiger partial charge in [0.15, 0.2) is 0 Å². The van der Waals surface area contributed by atoms with Crippen LogP contribution in [0, 0.1) is 23.7 Å². The van der Waals surface area contributed by atoms with E-state index in [4.69, 9.17) is 0 Å². The van der Waals surface area contributed by atoms with Gasteiger partial charge in [0.2, 0.25) is 0 Å². The fourth-order valence-corrected chi connectivity index (χ4v) is 8.36. The Bertz CT molecular complexity index is 1060. The summed E-state index contributed by atoms with van der Waals surface area (Å²) in [5.74, 6) is 3.81. The summed E-state index contributed by atoms with van der Waals surface area (Å²) in [6, 6.07) is 15.7. The van der Waals surface area contributed by atoms with Crippen LogP contribution >= 0.6 is 0 Å². The number of nitrogens with zero attached hydrogens (tertiary/aromatic N) is 3. The molecule has 2 aromatic rings. The summed E-state index contributed by atoms with van der Waals surface area (Å²) >= 11 is 0. The van der Waals surface area contributed by atoms with Crippen LogP contribution in [0.2, 0.25) is 0 Å². The highest BCUT2D eigenvalue weighted by molar-refractivity contribution is 5.94. The lowest BCUT2D eigenvalue weighted by Crippen LogP contribution is -2.49. The summed E-state index contributed by atoms with van der Waals surface area (Å²) in [6.07, 6.45) is 10.2. The molecule has 0 radical (unpaired) electrons. The maximum absolute atomic E-state index is 2.87.